The Hall–Kier alpha value is -2.95. The van der Waals surface area contributed by atoms with Crippen molar-refractivity contribution in [2.24, 2.45) is 0 Å². The highest BCUT2D eigenvalue weighted by Gasteiger charge is 2.13. The standard InChI is InChI=1S/C22H24N4O2S/c1-15-5-7-19(8-6-15)29(27,28)25-10-4-9-24-22-18(14-23)13-20-17(3)11-16(2)12-21(20)26-22/h5-8,11-13,25H,4,9-10H2,1-3H3,(H,24,26). The molecule has 0 saturated heterocycles. The number of hydrogen-bond donors (Lipinski definition) is 2. The molecule has 0 spiro atoms. The van der Waals surface area contributed by atoms with E-state index in [0.29, 0.717) is 24.3 Å². The highest BCUT2D eigenvalue weighted by Crippen LogP contribution is 2.24. The monoisotopic (exact) mass is 408 g/mol. The lowest BCUT2D eigenvalue weighted by Crippen LogP contribution is -2.26. The lowest BCUT2D eigenvalue weighted by Gasteiger charge is -2.11. The summed E-state index contributed by atoms with van der Waals surface area (Å²) in [7, 11) is -3.52. The van der Waals surface area contributed by atoms with E-state index in [9.17, 15) is 13.7 Å². The van der Waals surface area contributed by atoms with Crippen LogP contribution in [0.4, 0.5) is 5.82 Å². The average molecular weight is 409 g/mol. The van der Waals surface area contributed by atoms with Gasteiger partial charge in [0.2, 0.25) is 10.0 Å². The topological polar surface area (TPSA) is 94.9 Å². The molecule has 0 fully saturated rings. The molecule has 6 nitrogen and oxygen atoms in total. The van der Waals surface area contributed by atoms with Crippen molar-refractivity contribution >= 4 is 26.7 Å². The summed E-state index contributed by atoms with van der Waals surface area (Å²) >= 11 is 0. The van der Waals surface area contributed by atoms with E-state index in [1.165, 1.54) is 0 Å². The van der Waals surface area contributed by atoms with Gasteiger partial charge in [0.1, 0.15) is 11.9 Å². The molecule has 0 aliphatic rings. The molecule has 0 atom stereocenters. The first kappa shape index (κ1) is 20.8. The second-order valence-corrected chi connectivity index (χ2v) is 8.90. The molecule has 0 bridgehead atoms. The van der Waals surface area contributed by atoms with E-state index in [4.69, 9.17) is 0 Å². The molecule has 0 radical (unpaired) electrons. The first-order chi connectivity index (χ1) is 13.8. The fourth-order valence-corrected chi connectivity index (χ4v) is 4.23. The van der Waals surface area contributed by atoms with Crippen molar-refractivity contribution in [1.29, 1.82) is 5.26 Å². The summed E-state index contributed by atoms with van der Waals surface area (Å²) in [4.78, 5) is 4.85. The van der Waals surface area contributed by atoms with Gasteiger partial charge in [-0.25, -0.2) is 18.1 Å². The van der Waals surface area contributed by atoms with Gasteiger partial charge in [-0.2, -0.15) is 5.26 Å². The Morgan fingerprint density at radius 2 is 1.72 bits per heavy atom. The van der Waals surface area contributed by atoms with E-state index >= 15 is 0 Å². The molecule has 0 unspecified atom stereocenters. The largest absolute Gasteiger partial charge is 0.369 e. The molecule has 0 amide bonds. The maximum Gasteiger partial charge on any atom is 0.240 e. The van der Waals surface area contributed by atoms with Crippen LogP contribution in [0.3, 0.4) is 0 Å². The first-order valence-electron chi connectivity index (χ1n) is 9.42. The van der Waals surface area contributed by atoms with Crippen LogP contribution in [-0.4, -0.2) is 26.5 Å². The number of benzene rings is 2. The Morgan fingerprint density at radius 1 is 1.00 bits per heavy atom. The maximum absolute atomic E-state index is 12.3. The van der Waals surface area contributed by atoms with Gasteiger partial charge in [0, 0.05) is 18.5 Å². The zero-order valence-electron chi connectivity index (χ0n) is 16.8. The van der Waals surface area contributed by atoms with E-state index < -0.39 is 10.0 Å². The second-order valence-electron chi connectivity index (χ2n) is 7.14. The molecule has 7 heteroatoms. The van der Waals surface area contributed by atoms with Gasteiger partial charge in [-0.1, -0.05) is 23.8 Å². The zero-order valence-corrected chi connectivity index (χ0v) is 17.6. The van der Waals surface area contributed by atoms with Crippen LogP contribution in [0.1, 0.15) is 28.7 Å². The van der Waals surface area contributed by atoms with Crippen LogP contribution in [0.5, 0.6) is 0 Å². The van der Waals surface area contributed by atoms with Crippen LogP contribution < -0.4 is 10.0 Å². The Balaban J connectivity index is 1.62. The summed E-state index contributed by atoms with van der Waals surface area (Å²) in [6.07, 6.45) is 0.558. The van der Waals surface area contributed by atoms with Gasteiger partial charge in [-0.3, -0.25) is 0 Å². The van der Waals surface area contributed by atoms with Crippen LogP contribution in [-0.2, 0) is 10.0 Å². The van der Waals surface area contributed by atoms with Gasteiger partial charge in [0.05, 0.1) is 16.0 Å². The zero-order chi connectivity index (χ0) is 21.0. The molecule has 150 valence electrons. The average Bonchev–Trinajstić information content (AvgIpc) is 2.67. The number of nitrogens with zero attached hydrogens (tertiary/aromatic N) is 2. The van der Waals surface area contributed by atoms with Crippen molar-refractivity contribution in [3.05, 3.63) is 64.7 Å². The minimum atomic E-state index is -3.52. The third-order valence-electron chi connectivity index (χ3n) is 4.68. The summed E-state index contributed by atoms with van der Waals surface area (Å²) in [6.45, 7) is 6.71. The molecule has 2 N–H and O–H groups in total. The summed E-state index contributed by atoms with van der Waals surface area (Å²) < 4.78 is 27.2. The van der Waals surface area contributed by atoms with Gasteiger partial charge in [0.25, 0.3) is 0 Å². The fourth-order valence-electron chi connectivity index (χ4n) is 3.15. The van der Waals surface area contributed by atoms with E-state index in [0.717, 1.165) is 27.6 Å². The second kappa shape index (κ2) is 8.60. The van der Waals surface area contributed by atoms with Gasteiger partial charge in [-0.05, 0) is 62.6 Å². The smallest absolute Gasteiger partial charge is 0.240 e. The minimum Gasteiger partial charge on any atom is -0.369 e. The van der Waals surface area contributed by atoms with Crippen molar-refractivity contribution in [3.8, 4) is 6.07 Å². The SMILES string of the molecule is Cc1ccc(S(=O)(=O)NCCCNc2nc3cc(C)cc(C)c3cc2C#N)cc1. The molecule has 0 saturated carbocycles. The Morgan fingerprint density at radius 3 is 2.41 bits per heavy atom. The third kappa shape index (κ3) is 4.91. The normalized spacial score (nSPS) is 11.4. The minimum absolute atomic E-state index is 0.254. The van der Waals surface area contributed by atoms with Gasteiger partial charge >= 0.3 is 0 Å². The number of nitrogens with one attached hydrogen (secondary N) is 2. The molecule has 29 heavy (non-hydrogen) atoms. The van der Waals surface area contributed by atoms with E-state index in [2.05, 4.69) is 27.2 Å². The lowest BCUT2D eigenvalue weighted by atomic mass is 10.0. The number of nitriles is 1. The molecular weight excluding hydrogens is 384 g/mol. The van der Waals surface area contributed by atoms with Crippen LogP contribution in [0.2, 0.25) is 0 Å². The lowest BCUT2D eigenvalue weighted by molar-refractivity contribution is 0.580. The summed E-state index contributed by atoms with van der Waals surface area (Å²) in [6, 6.07) is 14.8. The van der Waals surface area contributed by atoms with Crippen LogP contribution in [0, 0.1) is 32.1 Å². The van der Waals surface area contributed by atoms with Gasteiger partial charge in [0.15, 0.2) is 0 Å². The predicted octanol–water partition coefficient (Wildman–Crippen LogP) is 3.81. The van der Waals surface area contributed by atoms with Crippen molar-refractivity contribution in [2.75, 3.05) is 18.4 Å². The quantitative estimate of drug-likeness (QED) is 0.580. The van der Waals surface area contributed by atoms with E-state index in [-0.39, 0.29) is 11.4 Å². The number of rotatable bonds is 7. The number of anilines is 1. The van der Waals surface area contributed by atoms with Gasteiger partial charge < -0.3 is 5.32 Å². The van der Waals surface area contributed by atoms with Crippen LogP contribution >= 0.6 is 0 Å². The Labute approximate surface area is 171 Å². The number of aryl methyl sites for hydroxylation is 3. The maximum atomic E-state index is 12.3. The summed E-state index contributed by atoms with van der Waals surface area (Å²) in [5.74, 6) is 0.520. The Kier molecular flexibility index (Phi) is 6.16. The molecule has 1 heterocycles. The number of fused-ring (bicyclic) bond motifs is 1. The van der Waals surface area contributed by atoms with Crippen molar-refractivity contribution < 1.29 is 8.42 Å². The van der Waals surface area contributed by atoms with Crippen LogP contribution in [0.25, 0.3) is 10.9 Å². The number of aromatic nitrogens is 1. The summed E-state index contributed by atoms with van der Waals surface area (Å²) in [5.41, 5.74) is 4.52. The molecule has 3 aromatic rings. The van der Waals surface area contributed by atoms with E-state index in [1.54, 1.807) is 24.3 Å². The van der Waals surface area contributed by atoms with Crippen molar-refractivity contribution in [2.45, 2.75) is 32.1 Å². The summed E-state index contributed by atoms with van der Waals surface area (Å²) in [5, 5.41) is 13.6. The molecule has 2 aromatic carbocycles. The van der Waals surface area contributed by atoms with Gasteiger partial charge in [-0.15, -0.1) is 0 Å². The fraction of sp³-hybridized carbons (Fsp3) is 0.273. The molecule has 0 aliphatic heterocycles. The highest BCUT2D eigenvalue weighted by molar-refractivity contribution is 7.89. The third-order valence-corrected chi connectivity index (χ3v) is 6.15. The highest BCUT2D eigenvalue weighted by atomic mass is 32.2. The molecule has 3 rings (SSSR count). The molecular formula is C22H24N4O2S. The van der Waals surface area contributed by atoms with E-state index in [1.807, 2.05) is 32.9 Å². The Bertz CT molecular complexity index is 1180. The van der Waals surface area contributed by atoms with Crippen molar-refractivity contribution in [1.82, 2.24) is 9.71 Å². The number of sulfonamides is 1. The van der Waals surface area contributed by atoms with Crippen molar-refractivity contribution in [3.63, 3.8) is 0 Å². The number of hydrogen-bond acceptors (Lipinski definition) is 5. The molecule has 1 aromatic heterocycles. The van der Waals surface area contributed by atoms with Crippen LogP contribution in [0.15, 0.2) is 47.4 Å². The first-order valence-corrected chi connectivity index (χ1v) is 10.9. The molecule has 0 aliphatic carbocycles. The predicted molar refractivity (Wildman–Crippen MR) is 115 cm³/mol. The number of pyridine rings is 1.